The molecule has 3 aromatic rings. The summed E-state index contributed by atoms with van der Waals surface area (Å²) in [6.07, 6.45) is 0. The molecule has 7 nitrogen and oxygen atoms in total. The van der Waals surface area contributed by atoms with Crippen LogP contribution < -0.4 is 5.32 Å². The topological polar surface area (TPSA) is 98.3 Å². The number of nitrogens with zero attached hydrogens (tertiary/aromatic N) is 2. The first kappa shape index (κ1) is 17.6. The molecule has 1 N–H and O–H groups in total. The fourth-order valence-electron chi connectivity index (χ4n) is 2.30. The predicted octanol–water partition coefficient (Wildman–Crippen LogP) is 3.97. The number of rotatable bonds is 5. The minimum Gasteiger partial charge on any atom is -0.356 e. The molecule has 26 heavy (non-hydrogen) atoms. The fourth-order valence-corrected chi connectivity index (χ4v) is 2.47. The van der Waals surface area contributed by atoms with Crippen LogP contribution in [0.2, 0.25) is 5.02 Å². The summed E-state index contributed by atoms with van der Waals surface area (Å²) in [4.78, 5) is 22.6. The van der Waals surface area contributed by atoms with E-state index in [1.807, 2.05) is 0 Å². The highest BCUT2D eigenvalue weighted by atomic mass is 35.5. The molecular formula is C17H11ClFN3O4. The number of aromatic nitrogens is 1. The second kappa shape index (κ2) is 7.32. The molecule has 0 spiro atoms. The van der Waals surface area contributed by atoms with Gasteiger partial charge in [0.15, 0.2) is 5.76 Å². The van der Waals surface area contributed by atoms with Crippen molar-refractivity contribution in [2.24, 2.45) is 0 Å². The van der Waals surface area contributed by atoms with Crippen molar-refractivity contribution in [1.29, 1.82) is 0 Å². The lowest BCUT2D eigenvalue weighted by molar-refractivity contribution is -0.385. The lowest BCUT2D eigenvalue weighted by Gasteiger charge is -2.04. The van der Waals surface area contributed by atoms with Crippen LogP contribution in [-0.4, -0.2) is 16.0 Å². The summed E-state index contributed by atoms with van der Waals surface area (Å²) >= 11 is 5.80. The summed E-state index contributed by atoms with van der Waals surface area (Å²) in [5.74, 6) is -0.940. The van der Waals surface area contributed by atoms with Crippen molar-refractivity contribution in [2.45, 2.75) is 6.54 Å². The Morgan fingerprint density at radius 1 is 1.27 bits per heavy atom. The Morgan fingerprint density at radius 2 is 2.04 bits per heavy atom. The zero-order valence-corrected chi connectivity index (χ0v) is 13.9. The van der Waals surface area contributed by atoms with E-state index < -0.39 is 16.6 Å². The number of hydrogen-bond acceptors (Lipinski definition) is 5. The number of benzene rings is 2. The SMILES string of the molecule is O=C(NCc1cc(-c2ccccc2F)on1)c1cc(Cl)ccc1[N+](=O)[O-]. The van der Waals surface area contributed by atoms with Gasteiger partial charge in [-0.1, -0.05) is 28.9 Å². The largest absolute Gasteiger partial charge is 0.356 e. The minimum absolute atomic E-state index is 0.0551. The molecule has 1 aromatic heterocycles. The van der Waals surface area contributed by atoms with Gasteiger partial charge in [0.05, 0.1) is 17.0 Å². The van der Waals surface area contributed by atoms with Crippen LogP contribution in [-0.2, 0) is 6.54 Å². The van der Waals surface area contributed by atoms with Crippen molar-refractivity contribution in [3.8, 4) is 11.3 Å². The van der Waals surface area contributed by atoms with Crippen LogP contribution in [0.5, 0.6) is 0 Å². The van der Waals surface area contributed by atoms with Crippen LogP contribution in [0, 0.1) is 15.9 Å². The van der Waals surface area contributed by atoms with Gasteiger partial charge in [-0.25, -0.2) is 4.39 Å². The third-order valence-electron chi connectivity index (χ3n) is 3.53. The molecule has 0 fully saturated rings. The number of carbonyl (C=O) groups excluding carboxylic acids is 1. The molecule has 9 heteroatoms. The van der Waals surface area contributed by atoms with Crippen LogP contribution in [0.4, 0.5) is 10.1 Å². The predicted molar refractivity (Wildman–Crippen MR) is 91.2 cm³/mol. The molecule has 1 amide bonds. The van der Waals surface area contributed by atoms with E-state index in [1.54, 1.807) is 12.1 Å². The first-order chi connectivity index (χ1) is 12.5. The monoisotopic (exact) mass is 375 g/mol. The maximum atomic E-state index is 13.7. The number of nitro groups is 1. The van der Waals surface area contributed by atoms with Crippen molar-refractivity contribution < 1.29 is 18.6 Å². The van der Waals surface area contributed by atoms with Crippen LogP contribution in [0.25, 0.3) is 11.3 Å². The molecule has 132 valence electrons. The molecule has 1 heterocycles. The standard InChI is InChI=1S/C17H11ClFN3O4/c18-10-5-6-15(22(24)25)13(7-10)17(23)20-9-11-8-16(26-21-11)12-3-1-2-4-14(12)19/h1-8H,9H2,(H,20,23). The zero-order chi connectivity index (χ0) is 18.7. The molecule has 0 bridgehead atoms. The maximum Gasteiger partial charge on any atom is 0.282 e. The quantitative estimate of drug-likeness (QED) is 0.537. The van der Waals surface area contributed by atoms with Gasteiger partial charge in [0.25, 0.3) is 11.6 Å². The third-order valence-corrected chi connectivity index (χ3v) is 3.76. The summed E-state index contributed by atoms with van der Waals surface area (Å²) < 4.78 is 18.8. The molecule has 0 saturated carbocycles. The molecule has 0 radical (unpaired) electrons. The normalized spacial score (nSPS) is 10.5. The number of carbonyl (C=O) groups is 1. The second-order valence-electron chi connectivity index (χ2n) is 5.26. The van der Waals surface area contributed by atoms with Crippen molar-refractivity contribution in [3.63, 3.8) is 0 Å². The summed E-state index contributed by atoms with van der Waals surface area (Å²) in [6.45, 7) is -0.0551. The number of nitrogens with one attached hydrogen (secondary N) is 1. The van der Waals surface area contributed by atoms with Crippen LogP contribution in [0.1, 0.15) is 16.1 Å². The third kappa shape index (κ3) is 3.70. The van der Waals surface area contributed by atoms with Crippen LogP contribution in [0.15, 0.2) is 53.1 Å². The van der Waals surface area contributed by atoms with Gasteiger partial charge in [-0.15, -0.1) is 0 Å². The van der Waals surface area contributed by atoms with Gasteiger partial charge < -0.3 is 9.84 Å². The molecule has 0 aliphatic heterocycles. The average Bonchev–Trinajstić information content (AvgIpc) is 3.08. The second-order valence-corrected chi connectivity index (χ2v) is 5.70. The highest BCUT2D eigenvalue weighted by Gasteiger charge is 2.21. The van der Waals surface area contributed by atoms with Crippen molar-refractivity contribution in [1.82, 2.24) is 10.5 Å². The molecular weight excluding hydrogens is 365 g/mol. The van der Waals surface area contributed by atoms with Gasteiger partial charge in [-0.3, -0.25) is 14.9 Å². The Kier molecular flexibility index (Phi) is 4.94. The van der Waals surface area contributed by atoms with Gasteiger partial charge >= 0.3 is 0 Å². The number of halogens is 2. The Hall–Kier alpha value is -3.26. The van der Waals surface area contributed by atoms with Crippen molar-refractivity contribution >= 4 is 23.2 Å². The smallest absolute Gasteiger partial charge is 0.282 e. The van der Waals surface area contributed by atoms with E-state index >= 15 is 0 Å². The lowest BCUT2D eigenvalue weighted by Crippen LogP contribution is -2.23. The van der Waals surface area contributed by atoms with E-state index in [2.05, 4.69) is 10.5 Å². The van der Waals surface area contributed by atoms with Gasteiger partial charge in [-0.2, -0.15) is 0 Å². The Labute approximate surface area is 151 Å². The van der Waals surface area contributed by atoms with E-state index in [0.717, 1.165) is 6.07 Å². The summed E-state index contributed by atoms with van der Waals surface area (Å²) in [5, 5.41) is 17.5. The molecule has 0 saturated heterocycles. The Bertz CT molecular complexity index is 990. The number of amides is 1. The summed E-state index contributed by atoms with van der Waals surface area (Å²) in [7, 11) is 0. The maximum absolute atomic E-state index is 13.7. The number of nitro benzene ring substituents is 1. The number of hydrogen-bond donors (Lipinski definition) is 1. The molecule has 0 unspecified atom stereocenters. The average molecular weight is 376 g/mol. The van der Waals surface area contributed by atoms with Crippen molar-refractivity contribution in [2.75, 3.05) is 0 Å². The van der Waals surface area contributed by atoms with Crippen molar-refractivity contribution in [3.05, 3.63) is 80.7 Å². The highest BCUT2D eigenvalue weighted by molar-refractivity contribution is 6.31. The van der Waals surface area contributed by atoms with Crippen LogP contribution in [0.3, 0.4) is 0 Å². The molecule has 2 aromatic carbocycles. The molecule has 0 aliphatic rings. The van der Waals surface area contributed by atoms with Gasteiger partial charge in [0.1, 0.15) is 17.1 Å². The summed E-state index contributed by atoms with van der Waals surface area (Å²) in [5.41, 5.74) is 0.0451. The lowest BCUT2D eigenvalue weighted by atomic mass is 10.1. The minimum atomic E-state index is -0.686. The summed E-state index contributed by atoms with van der Waals surface area (Å²) in [6, 6.07) is 11.2. The first-order valence-corrected chi connectivity index (χ1v) is 7.76. The van der Waals surface area contributed by atoms with E-state index in [4.69, 9.17) is 16.1 Å². The molecule has 0 atom stereocenters. The Balaban J connectivity index is 1.74. The van der Waals surface area contributed by atoms with Gasteiger partial charge in [0.2, 0.25) is 0 Å². The van der Waals surface area contributed by atoms with Gasteiger partial charge in [-0.05, 0) is 24.3 Å². The zero-order valence-electron chi connectivity index (χ0n) is 13.1. The highest BCUT2D eigenvalue weighted by Crippen LogP contribution is 2.24. The van der Waals surface area contributed by atoms with Crippen LogP contribution >= 0.6 is 11.6 Å². The van der Waals surface area contributed by atoms with E-state index in [1.165, 1.54) is 30.3 Å². The molecule has 0 aliphatic carbocycles. The first-order valence-electron chi connectivity index (χ1n) is 7.38. The fraction of sp³-hybridized carbons (Fsp3) is 0.0588. The van der Waals surface area contributed by atoms with Gasteiger partial charge in [0, 0.05) is 17.2 Å². The van der Waals surface area contributed by atoms with E-state index in [9.17, 15) is 19.3 Å². The van der Waals surface area contributed by atoms with E-state index in [0.29, 0.717) is 5.69 Å². The van der Waals surface area contributed by atoms with E-state index in [-0.39, 0.29) is 34.1 Å². The molecule has 3 rings (SSSR count). The Morgan fingerprint density at radius 3 is 2.77 bits per heavy atom.